The number of thiazole rings is 1. The summed E-state index contributed by atoms with van der Waals surface area (Å²) in [6.45, 7) is 5.26. The first-order valence-electron chi connectivity index (χ1n) is 9.33. The molecule has 0 atom stereocenters. The highest BCUT2D eigenvalue weighted by Crippen LogP contribution is 2.31. The van der Waals surface area contributed by atoms with E-state index >= 15 is 0 Å². The molecule has 6 heteroatoms. The summed E-state index contributed by atoms with van der Waals surface area (Å²) < 4.78 is 6.82. The molecular formula is C21H23N3O2S. The molecule has 140 valence electrons. The van der Waals surface area contributed by atoms with Crippen molar-refractivity contribution in [3.63, 3.8) is 0 Å². The zero-order valence-corrected chi connectivity index (χ0v) is 16.2. The standard InChI is InChI=1S/C21H23N3O2S/c1-2-16-7-6-10-18-20(16)22-21(27-18)24-13-11-23(12-14-24)19(25)15-26-17-8-4-3-5-9-17/h3-10H,2,11-15H2,1H3. The lowest BCUT2D eigenvalue weighted by Crippen LogP contribution is -2.50. The Morgan fingerprint density at radius 2 is 1.85 bits per heavy atom. The second-order valence-corrected chi connectivity index (χ2v) is 7.59. The lowest BCUT2D eigenvalue weighted by molar-refractivity contribution is -0.133. The van der Waals surface area contributed by atoms with Crippen molar-refractivity contribution in [2.45, 2.75) is 13.3 Å². The zero-order valence-electron chi connectivity index (χ0n) is 15.4. The van der Waals surface area contributed by atoms with Crippen LogP contribution < -0.4 is 9.64 Å². The van der Waals surface area contributed by atoms with E-state index in [9.17, 15) is 4.79 Å². The molecule has 5 nitrogen and oxygen atoms in total. The molecule has 1 aromatic heterocycles. The number of aryl methyl sites for hydroxylation is 1. The normalized spacial score (nSPS) is 14.6. The summed E-state index contributed by atoms with van der Waals surface area (Å²) >= 11 is 1.74. The number of amides is 1. The van der Waals surface area contributed by atoms with Gasteiger partial charge < -0.3 is 14.5 Å². The van der Waals surface area contributed by atoms with E-state index in [0.29, 0.717) is 13.1 Å². The average molecular weight is 382 g/mol. The summed E-state index contributed by atoms with van der Waals surface area (Å²) in [7, 11) is 0. The number of rotatable bonds is 5. The number of nitrogens with zero attached hydrogens (tertiary/aromatic N) is 3. The van der Waals surface area contributed by atoms with E-state index in [0.717, 1.165) is 35.9 Å². The van der Waals surface area contributed by atoms with Gasteiger partial charge in [-0.15, -0.1) is 0 Å². The molecule has 2 aromatic carbocycles. The molecule has 0 bridgehead atoms. The van der Waals surface area contributed by atoms with E-state index in [1.165, 1.54) is 10.3 Å². The quantitative estimate of drug-likeness (QED) is 0.678. The van der Waals surface area contributed by atoms with Crippen molar-refractivity contribution in [3.8, 4) is 5.75 Å². The minimum atomic E-state index is 0.0380. The fraction of sp³-hybridized carbons (Fsp3) is 0.333. The van der Waals surface area contributed by atoms with Crippen molar-refractivity contribution in [3.05, 3.63) is 54.1 Å². The number of ether oxygens (including phenoxy) is 1. The van der Waals surface area contributed by atoms with Crippen molar-refractivity contribution in [1.29, 1.82) is 0 Å². The predicted molar refractivity (Wildman–Crippen MR) is 110 cm³/mol. The molecule has 0 aliphatic carbocycles. The minimum absolute atomic E-state index is 0.0380. The number of aromatic nitrogens is 1. The van der Waals surface area contributed by atoms with Gasteiger partial charge in [0, 0.05) is 26.2 Å². The van der Waals surface area contributed by atoms with Gasteiger partial charge in [-0.05, 0) is 30.2 Å². The number of benzene rings is 2. The first-order valence-corrected chi connectivity index (χ1v) is 10.1. The fourth-order valence-corrected chi connectivity index (χ4v) is 4.38. The molecule has 0 saturated carbocycles. The van der Waals surface area contributed by atoms with Gasteiger partial charge in [-0.1, -0.05) is 48.6 Å². The summed E-state index contributed by atoms with van der Waals surface area (Å²) in [4.78, 5) is 21.4. The Morgan fingerprint density at radius 3 is 2.59 bits per heavy atom. The van der Waals surface area contributed by atoms with Crippen molar-refractivity contribution in [2.75, 3.05) is 37.7 Å². The van der Waals surface area contributed by atoms with Gasteiger partial charge in [-0.2, -0.15) is 0 Å². The SMILES string of the molecule is CCc1cccc2sc(N3CCN(C(=O)COc4ccccc4)CC3)nc12. The van der Waals surface area contributed by atoms with Crippen molar-refractivity contribution in [1.82, 2.24) is 9.88 Å². The molecule has 1 amide bonds. The van der Waals surface area contributed by atoms with Crippen LogP contribution >= 0.6 is 11.3 Å². The first-order chi connectivity index (χ1) is 13.2. The van der Waals surface area contributed by atoms with Gasteiger partial charge in [-0.25, -0.2) is 4.98 Å². The summed E-state index contributed by atoms with van der Waals surface area (Å²) in [5.74, 6) is 0.766. The van der Waals surface area contributed by atoms with Gasteiger partial charge in [0.1, 0.15) is 5.75 Å². The van der Waals surface area contributed by atoms with Crippen LogP contribution in [0.1, 0.15) is 12.5 Å². The topological polar surface area (TPSA) is 45.7 Å². The fourth-order valence-electron chi connectivity index (χ4n) is 3.31. The molecule has 2 heterocycles. The third kappa shape index (κ3) is 3.90. The van der Waals surface area contributed by atoms with Gasteiger partial charge in [-0.3, -0.25) is 4.79 Å². The van der Waals surface area contributed by atoms with Gasteiger partial charge in [0.05, 0.1) is 10.2 Å². The number of carbonyl (C=O) groups excluding carboxylic acids is 1. The zero-order chi connectivity index (χ0) is 18.6. The Balaban J connectivity index is 1.35. The number of hydrogen-bond donors (Lipinski definition) is 0. The van der Waals surface area contributed by atoms with Gasteiger partial charge in [0.25, 0.3) is 5.91 Å². The number of hydrogen-bond acceptors (Lipinski definition) is 5. The highest BCUT2D eigenvalue weighted by Gasteiger charge is 2.23. The number of carbonyl (C=O) groups is 1. The van der Waals surface area contributed by atoms with Gasteiger partial charge in [0.15, 0.2) is 11.7 Å². The van der Waals surface area contributed by atoms with Gasteiger partial charge in [0.2, 0.25) is 0 Å². The molecule has 0 radical (unpaired) electrons. The highest BCUT2D eigenvalue weighted by atomic mass is 32.1. The maximum Gasteiger partial charge on any atom is 0.260 e. The van der Waals surface area contributed by atoms with Crippen LogP contribution in [0.2, 0.25) is 0 Å². The summed E-state index contributed by atoms with van der Waals surface area (Å²) in [6.07, 6.45) is 0.990. The van der Waals surface area contributed by atoms with Gasteiger partial charge >= 0.3 is 0 Å². The number of anilines is 1. The van der Waals surface area contributed by atoms with E-state index in [1.807, 2.05) is 35.2 Å². The Hall–Kier alpha value is -2.60. The molecule has 1 aliphatic rings. The van der Waals surface area contributed by atoms with Crippen LogP contribution in [0.5, 0.6) is 5.75 Å². The summed E-state index contributed by atoms with van der Waals surface area (Å²) in [5, 5.41) is 1.05. The monoisotopic (exact) mass is 381 g/mol. The van der Waals surface area contributed by atoms with Crippen LogP contribution in [-0.2, 0) is 11.2 Å². The molecule has 1 aliphatic heterocycles. The summed E-state index contributed by atoms with van der Waals surface area (Å²) in [6, 6.07) is 15.9. The molecule has 27 heavy (non-hydrogen) atoms. The molecule has 3 aromatic rings. The lowest BCUT2D eigenvalue weighted by atomic mass is 10.1. The number of fused-ring (bicyclic) bond motifs is 1. The highest BCUT2D eigenvalue weighted by molar-refractivity contribution is 7.22. The largest absolute Gasteiger partial charge is 0.484 e. The first kappa shape index (κ1) is 17.8. The molecule has 0 spiro atoms. The second kappa shape index (κ2) is 7.96. The van der Waals surface area contributed by atoms with E-state index < -0.39 is 0 Å². The maximum absolute atomic E-state index is 12.4. The van der Waals surface area contributed by atoms with E-state index in [4.69, 9.17) is 9.72 Å². The molecule has 4 rings (SSSR count). The molecule has 0 N–H and O–H groups in total. The van der Waals surface area contributed by atoms with Crippen LogP contribution in [0.3, 0.4) is 0 Å². The molecule has 0 unspecified atom stereocenters. The van der Waals surface area contributed by atoms with Crippen LogP contribution in [0.4, 0.5) is 5.13 Å². The number of para-hydroxylation sites is 2. The third-order valence-corrected chi connectivity index (χ3v) is 5.96. The van der Waals surface area contributed by atoms with E-state index in [2.05, 4.69) is 30.0 Å². The Morgan fingerprint density at radius 1 is 1.07 bits per heavy atom. The minimum Gasteiger partial charge on any atom is -0.484 e. The Bertz CT molecular complexity index is 918. The van der Waals surface area contributed by atoms with Crippen LogP contribution in [0, 0.1) is 0 Å². The Kier molecular flexibility index (Phi) is 5.25. The molecular weight excluding hydrogens is 358 g/mol. The molecule has 1 fully saturated rings. The lowest BCUT2D eigenvalue weighted by Gasteiger charge is -2.34. The Labute approximate surface area is 163 Å². The van der Waals surface area contributed by atoms with E-state index in [1.54, 1.807) is 11.3 Å². The van der Waals surface area contributed by atoms with Crippen molar-refractivity contribution < 1.29 is 9.53 Å². The second-order valence-electron chi connectivity index (χ2n) is 6.58. The average Bonchev–Trinajstić information content (AvgIpc) is 3.17. The van der Waals surface area contributed by atoms with Crippen LogP contribution in [0.15, 0.2) is 48.5 Å². The van der Waals surface area contributed by atoms with Crippen LogP contribution in [-0.4, -0.2) is 48.6 Å². The maximum atomic E-state index is 12.4. The van der Waals surface area contributed by atoms with Crippen molar-refractivity contribution >= 4 is 32.6 Å². The number of piperazine rings is 1. The molecule has 1 saturated heterocycles. The van der Waals surface area contributed by atoms with Crippen LogP contribution in [0.25, 0.3) is 10.2 Å². The van der Waals surface area contributed by atoms with Crippen molar-refractivity contribution in [2.24, 2.45) is 0 Å². The predicted octanol–water partition coefficient (Wildman–Crippen LogP) is 3.59. The van der Waals surface area contributed by atoms with E-state index in [-0.39, 0.29) is 12.5 Å². The summed E-state index contributed by atoms with van der Waals surface area (Å²) in [5.41, 5.74) is 2.41. The third-order valence-electron chi connectivity index (χ3n) is 4.88. The smallest absolute Gasteiger partial charge is 0.260 e.